The van der Waals surface area contributed by atoms with Gasteiger partial charge in [-0.1, -0.05) is 12.1 Å². The Kier molecular flexibility index (Phi) is 7.64. The van der Waals surface area contributed by atoms with Crippen molar-refractivity contribution in [2.75, 3.05) is 38.8 Å². The highest BCUT2D eigenvalue weighted by Crippen LogP contribution is 2.27. The Morgan fingerprint density at radius 1 is 1.13 bits per heavy atom. The van der Waals surface area contributed by atoms with E-state index in [1.54, 1.807) is 18.7 Å². The number of benzene rings is 2. The highest BCUT2D eigenvalue weighted by Gasteiger charge is 2.15. The smallest absolute Gasteiger partial charge is 0.336 e. The van der Waals surface area contributed by atoms with Crippen molar-refractivity contribution in [2.45, 2.75) is 20.0 Å². The molecular formula is C22H28N4O4. The highest BCUT2D eigenvalue weighted by molar-refractivity contribution is 5.61. The largest absolute Gasteiger partial charge is 0.497 e. The van der Waals surface area contributed by atoms with Crippen LogP contribution in [-0.2, 0) is 4.74 Å². The van der Waals surface area contributed by atoms with E-state index in [1.165, 1.54) is 0 Å². The fraction of sp³-hybridized carbons (Fsp3) is 0.364. The Bertz CT molecular complexity index is 925. The van der Waals surface area contributed by atoms with Gasteiger partial charge in [0.1, 0.15) is 12.4 Å². The number of hydrogen-bond donors (Lipinski definition) is 2. The average molecular weight is 412 g/mol. The van der Waals surface area contributed by atoms with Crippen LogP contribution in [0.4, 0.5) is 5.69 Å². The van der Waals surface area contributed by atoms with Crippen molar-refractivity contribution < 1.29 is 19.3 Å². The molecule has 30 heavy (non-hydrogen) atoms. The van der Waals surface area contributed by atoms with E-state index in [9.17, 15) is 5.11 Å². The molecule has 8 heteroatoms. The van der Waals surface area contributed by atoms with E-state index in [0.29, 0.717) is 32.2 Å². The first-order valence-corrected chi connectivity index (χ1v) is 9.95. The highest BCUT2D eigenvalue weighted by atomic mass is 16.5. The first-order chi connectivity index (χ1) is 14.6. The maximum Gasteiger partial charge on any atom is 0.336 e. The van der Waals surface area contributed by atoms with Crippen molar-refractivity contribution in [2.24, 2.45) is 0 Å². The van der Waals surface area contributed by atoms with Crippen molar-refractivity contribution in [3.8, 4) is 28.8 Å². The maximum atomic E-state index is 9.44. The van der Waals surface area contributed by atoms with Crippen molar-refractivity contribution >= 4 is 5.69 Å². The number of methoxy groups -OCH3 is 1. The van der Waals surface area contributed by atoms with E-state index in [2.05, 4.69) is 15.4 Å². The summed E-state index contributed by atoms with van der Waals surface area (Å²) < 4.78 is 18.1. The van der Waals surface area contributed by atoms with Gasteiger partial charge in [-0.3, -0.25) is 0 Å². The molecule has 0 bridgehead atoms. The number of aliphatic hydroxyl groups excluding tert-OH is 1. The molecule has 8 nitrogen and oxygen atoms in total. The number of aliphatic hydroxyl groups is 1. The molecule has 0 spiro atoms. The second kappa shape index (κ2) is 10.6. The molecule has 160 valence electrons. The Balaban J connectivity index is 1.89. The summed E-state index contributed by atoms with van der Waals surface area (Å²) in [4.78, 5) is 4.58. The lowest BCUT2D eigenvalue weighted by molar-refractivity contribution is 0.106. The first kappa shape index (κ1) is 21.6. The molecule has 0 aliphatic rings. The predicted octanol–water partition coefficient (Wildman–Crippen LogP) is 3.15. The number of rotatable bonds is 11. The van der Waals surface area contributed by atoms with Crippen LogP contribution in [0.2, 0.25) is 0 Å². The van der Waals surface area contributed by atoms with E-state index in [1.807, 2.05) is 55.5 Å². The second-order valence-corrected chi connectivity index (χ2v) is 6.68. The Labute approximate surface area is 176 Å². The fourth-order valence-corrected chi connectivity index (χ4v) is 2.81. The van der Waals surface area contributed by atoms with E-state index in [-0.39, 0.29) is 6.01 Å². The summed E-state index contributed by atoms with van der Waals surface area (Å²) >= 11 is 0. The fourth-order valence-electron chi connectivity index (χ4n) is 2.81. The van der Waals surface area contributed by atoms with Crippen molar-refractivity contribution in [1.82, 2.24) is 14.8 Å². The van der Waals surface area contributed by atoms with Crippen LogP contribution in [0.25, 0.3) is 17.1 Å². The van der Waals surface area contributed by atoms with Gasteiger partial charge in [-0.25, -0.2) is 4.68 Å². The maximum absolute atomic E-state index is 9.44. The topological polar surface area (TPSA) is 90.7 Å². The molecular weight excluding hydrogens is 384 g/mol. The minimum absolute atomic E-state index is 0.281. The van der Waals surface area contributed by atoms with Crippen LogP contribution in [0.1, 0.15) is 13.8 Å². The van der Waals surface area contributed by atoms with Crippen molar-refractivity contribution in [3.05, 3.63) is 48.5 Å². The van der Waals surface area contributed by atoms with Gasteiger partial charge in [-0.15, -0.1) is 5.10 Å². The zero-order chi connectivity index (χ0) is 21.3. The molecule has 0 aliphatic carbocycles. The standard InChI is InChI=1S/C22H28N4O4/c1-4-29-12-13-30-22-24-21(17-6-5-7-20(14-17)28-3)26(25-22)19-10-8-18(9-11-19)23-15-16(2)27/h5-11,14,16,23,27H,4,12-13,15H2,1-3H3/t16-/m0/s1. The third kappa shape index (κ3) is 5.71. The summed E-state index contributed by atoms with van der Waals surface area (Å²) in [6, 6.07) is 15.7. The number of ether oxygens (including phenoxy) is 3. The summed E-state index contributed by atoms with van der Waals surface area (Å²) in [5.41, 5.74) is 2.61. The Morgan fingerprint density at radius 2 is 1.93 bits per heavy atom. The van der Waals surface area contributed by atoms with Crippen LogP contribution in [0.15, 0.2) is 48.5 Å². The van der Waals surface area contributed by atoms with Gasteiger partial charge in [-0.05, 0) is 50.2 Å². The minimum atomic E-state index is -0.420. The quantitative estimate of drug-likeness (QED) is 0.468. The summed E-state index contributed by atoms with van der Waals surface area (Å²) in [6.45, 7) is 5.64. The molecule has 1 heterocycles. The van der Waals surface area contributed by atoms with Crippen LogP contribution >= 0.6 is 0 Å². The van der Waals surface area contributed by atoms with Crippen molar-refractivity contribution in [3.63, 3.8) is 0 Å². The number of aromatic nitrogens is 3. The third-order valence-electron chi connectivity index (χ3n) is 4.29. The van der Waals surface area contributed by atoms with E-state index in [0.717, 1.165) is 22.7 Å². The molecule has 3 aromatic rings. The van der Waals surface area contributed by atoms with Crippen LogP contribution < -0.4 is 14.8 Å². The lowest BCUT2D eigenvalue weighted by Crippen LogP contribution is -2.15. The molecule has 0 saturated heterocycles. The molecule has 0 unspecified atom stereocenters. The van der Waals surface area contributed by atoms with Gasteiger partial charge in [0, 0.05) is 24.4 Å². The number of hydrogen-bond acceptors (Lipinski definition) is 7. The molecule has 0 amide bonds. The number of anilines is 1. The number of nitrogens with one attached hydrogen (secondary N) is 1. The first-order valence-electron chi connectivity index (χ1n) is 9.95. The third-order valence-corrected chi connectivity index (χ3v) is 4.29. The van der Waals surface area contributed by atoms with Crippen LogP contribution in [0.3, 0.4) is 0 Å². The summed E-state index contributed by atoms with van der Waals surface area (Å²) in [5, 5.41) is 17.2. The number of nitrogens with zero attached hydrogens (tertiary/aromatic N) is 3. The Hall–Kier alpha value is -3.10. The molecule has 0 fully saturated rings. The van der Waals surface area contributed by atoms with Crippen LogP contribution in [-0.4, -0.2) is 59.5 Å². The lowest BCUT2D eigenvalue weighted by atomic mass is 10.2. The monoisotopic (exact) mass is 412 g/mol. The SMILES string of the molecule is CCOCCOc1nc(-c2cccc(OC)c2)n(-c2ccc(NC[C@H](C)O)cc2)n1. The van der Waals surface area contributed by atoms with Gasteiger partial charge in [-0.2, -0.15) is 4.98 Å². The molecule has 3 rings (SSSR count). The van der Waals surface area contributed by atoms with E-state index < -0.39 is 6.10 Å². The molecule has 1 atom stereocenters. The van der Waals surface area contributed by atoms with Gasteiger partial charge < -0.3 is 24.6 Å². The zero-order valence-electron chi connectivity index (χ0n) is 17.5. The van der Waals surface area contributed by atoms with Gasteiger partial charge >= 0.3 is 6.01 Å². The lowest BCUT2D eigenvalue weighted by Gasteiger charge is -2.10. The zero-order valence-corrected chi connectivity index (χ0v) is 17.5. The van der Waals surface area contributed by atoms with Crippen LogP contribution in [0, 0.1) is 0 Å². The van der Waals surface area contributed by atoms with E-state index >= 15 is 0 Å². The normalized spacial score (nSPS) is 11.9. The molecule has 0 saturated carbocycles. The van der Waals surface area contributed by atoms with Crippen LogP contribution in [0.5, 0.6) is 11.8 Å². The molecule has 1 aromatic heterocycles. The minimum Gasteiger partial charge on any atom is -0.497 e. The Morgan fingerprint density at radius 3 is 2.63 bits per heavy atom. The molecule has 0 radical (unpaired) electrons. The van der Waals surface area contributed by atoms with Gasteiger partial charge in [0.15, 0.2) is 5.82 Å². The van der Waals surface area contributed by atoms with Gasteiger partial charge in [0.2, 0.25) is 0 Å². The molecule has 2 aromatic carbocycles. The summed E-state index contributed by atoms with van der Waals surface area (Å²) in [7, 11) is 1.63. The summed E-state index contributed by atoms with van der Waals surface area (Å²) in [6.07, 6.45) is -0.420. The summed E-state index contributed by atoms with van der Waals surface area (Å²) in [5.74, 6) is 1.38. The molecule has 2 N–H and O–H groups in total. The predicted molar refractivity (Wildman–Crippen MR) is 116 cm³/mol. The average Bonchev–Trinajstić information content (AvgIpc) is 3.20. The van der Waals surface area contributed by atoms with Gasteiger partial charge in [0.05, 0.1) is 25.5 Å². The van der Waals surface area contributed by atoms with Crippen molar-refractivity contribution in [1.29, 1.82) is 0 Å². The molecule has 0 aliphatic heterocycles. The van der Waals surface area contributed by atoms with Gasteiger partial charge in [0.25, 0.3) is 0 Å². The second-order valence-electron chi connectivity index (χ2n) is 6.68. The van der Waals surface area contributed by atoms with E-state index in [4.69, 9.17) is 14.2 Å².